The van der Waals surface area contributed by atoms with Crippen LogP contribution in [-0.2, 0) is 9.53 Å². The molecule has 252 valence electrons. The third kappa shape index (κ3) is 26.9. The van der Waals surface area contributed by atoms with Gasteiger partial charge in [-0.2, -0.15) is 0 Å². The molecule has 1 unspecified atom stereocenters. The lowest BCUT2D eigenvalue weighted by atomic mass is 9.88. The van der Waals surface area contributed by atoms with Crippen molar-refractivity contribution in [1.29, 1.82) is 0 Å². The maximum absolute atomic E-state index is 12.6. The average Bonchev–Trinajstić information content (AvgIpc) is 2.98. The number of nitrogens with two attached hydrogens (primary N) is 1. The van der Waals surface area contributed by atoms with Crippen LogP contribution in [0.25, 0.3) is 0 Å². The van der Waals surface area contributed by atoms with E-state index in [0.717, 1.165) is 38.5 Å². The lowest BCUT2D eigenvalue weighted by Gasteiger charge is -2.31. The molecule has 1 amide bonds. The summed E-state index contributed by atoms with van der Waals surface area (Å²) >= 11 is 0. The van der Waals surface area contributed by atoms with Crippen LogP contribution in [0, 0.1) is 0 Å². The Balaban J connectivity index is 3.95. The van der Waals surface area contributed by atoms with Crippen molar-refractivity contribution in [2.24, 2.45) is 5.73 Å². The van der Waals surface area contributed by atoms with E-state index >= 15 is 0 Å². The van der Waals surface area contributed by atoms with Crippen molar-refractivity contribution < 1.29 is 19.7 Å². The summed E-state index contributed by atoms with van der Waals surface area (Å²) in [7, 11) is 0. The molecule has 0 fully saturated rings. The smallest absolute Gasteiger partial charge is 0.249 e. The Bertz CT molecular complexity index is 544. The van der Waals surface area contributed by atoms with Crippen molar-refractivity contribution in [3.8, 4) is 0 Å². The maximum Gasteiger partial charge on any atom is 0.249 e. The minimum atomic E-state index is -0.854. The molecule has 0 aromatic heterocycles. The van der Waals surface area contributed by atoms with Crippen LogP contribution in [0.4, 0.5) is 0 Å². The summed E-state index contributed by atoms with van der Waals surface area (Å²) in [5.41, 5.74) is 5.08. The lowest BCUT2D eigenvalue weighted by Crippen LogP contribution is -2.46. The number of hydrogen-bond acceptors (Lipinski definition) is 4. The molecule has 0 heterocycles. The number of hydrogen-bond donors (Lipinski definition) is 3. The number of aliphatic hydroxyl groups excluding tert-OH is 2. The number of amides is 1. The number of unbranched alkanes of at least 4 members (excludes halogenated alkanes) is 26. The minimum Gasteiger partial charge on any atom is -0.396 e. The number of rotatable bonds is 36. The molecule has 0 aromatic rings. The zero-order valence-electron chi connectivity index (χ0n) is 28.3. The highest BCUT2D eigenvalue weighted by atomic mass is 16.5. The molecule has 4 N–H and O–H groups in total. The van der Waals surface area contributed by atoms with Gasteiger partial charge in [0.25, 0.3) is 0 Å². The van der Waals surface area contributed by atoms with E-state index in [0.29, 0.717) is 26.1 Å². The molecule has 0 aliphatic heterocycles. The predicted molar refractivity (Wildman–Crippen MR) is 181 cm³/mol. The third-order valence-electron chi connectivity index (χ3n) is 9.05. The molecule has 5 heteroatoms. The topological polar surface area (TPSA) is 92.8 Å². The molecule has 0 aliphatic rings. The van der Waals surface area contributed by atoms with Crippen molar-refractivity contribution in [3.05, 3.63) is 0 Å². The zero-order valence-corrected chi connectivity index (χ0v) is 28.3. The zero-order chi connectivity index (χ0) is 30.8. The molecule has 0 aliphatic carbocycles. The molecule has 0 saturated carbocycles. The van der Waals surface area contributed by atoms with Crippen LogP contribution in [-0.4, -0.2) is 41.5 Å². The minimum absolute atomic E-state index is 0.0829. The van der Waals surface area contributed by atoms with Gasteiger partial charge in [0.1, 0.15) is 5.60 Å². The summed E-state index contributed by atoms with van der Waals surface area (Å²) in [6.45, 7) is 3.10. The van der Waals surface area contributed by atoms with E-state index in [1.54, 1.807) is 0 Å². The van der Waals surface area contributed by atoms with E-state index < -0.39 is 5.60 Å². The second-order valence-corrected chi connectivity index (χ2v) is 13.1. The quantitative estimate of drug-likeness (QED) is 0.0626. The van der Waals surface area contributed by atoms with Gasteiger partial charge in [0.05, 0.1) is 6.61 Å². The Kier molecular flexibility index (Phi) is 32.7. The highest BCUT2D eigenvalue weighted by molar-refractivity contribution is 5.83. The van der Waals surface area contributed by atoms with Gasteiger partial charge < -0.3 is 20.7 Å². The fourth-order valence-electron chi connectivity index (χ4n) is 6.17. The van der Waals surface area contributed by atoms with E-state index in [2.05, 4.69) is 6.92 Å². The van der Waals surface area contributed by atoms with Gasteiger partial charge in [-0.15, -0.1) is 0 Å². The second kappa shape index (κ2) is 33.2. The first-order valence-corrected chi connectivity index (χ1v) is 18.8. The van der Waals surface area contributed by atoms with Crippen molar-refractivity contribution in [3.63, 3.8) is 0 Å². The van der Waals surface area contributed by atoms with Crippen molar-refractivity contribution >= 4 is 5.91 Å². The van der Waals surface area contributed by atoms with Gasteiger partial charge >= 0.3 is 0 Å². The van der Waals surface area contributed by atoms with Gasteiger partial charge in [-0.05, 0) is 25.7 Å². The highest BCUT2D eigenvalue weighted by Crippen LogP contribution is 2.28. The Labute approximate surface area is 262 Å². The van der Waals surface area contributed by atoms with Crippen LogP contribution in [0.2, 0.25) is 0 Å². The van der Waals surface area contributed by atoms with Gasteiger partial charge in [-0.1, -0.05) is 180 Å². The van der Waals surface area contributed by atoms with Crippen molar-refractivity contribution in [2.45, 2.75) is 212 Å². The van der Waals surface area contributed by atoms with Gasteiger partial charge in [-0.3, -0.25) is 4.79 Å². The van der Waals surface area contributed by atoms with E-state index in [4.69, 9.17) is 15.6 Å². The molecule has 42 heavy (non-hydrogen) atoms. The molecule has 0 spiro atoms. The SMILES string of the molecule is CCCCCCCCCCCCCCC(CCCCCCCCCCCCCCCCCCO)(OCCCO)C(N)=O. The van der Waals surface area contributed by atoms with Gasteiger partial charge in [-0.25, -0.2) is 0 Å². The Morgan fingerprint density at radius 3 is 1.05 bits per heavy atom. The summed E-state index contributed by atoms with van der Waals surface area (Å²) in [6, 6.07) is 0. The fourth-order valence-corrected chi connectivity index (χ4v) is 6.17. The van der Waals surface area contributed by atoms with Gasteiger partial charge in [0.2, 0.25) is 5.91 Å². The van der Waals surface area contributed by atoms with Gasteiger partial charge in [0, 0.05) is 13.2 Å². The number of primary amides is 1. The molecule has 0 radical (unpaired) electrons. The van der Waals surface area contributed by atoms with Crippen LogP contribution >= 0.6 is 0 Å². The van der Waals surface area contributed by atoms with Crippen LogP contribution in [0.3, 0.4) is 0 Å². The first kappa shape index (κ1) is 41.4. The summed E-state index contributed by atoms with van der Waals surface area (Å²) in [4.78, 5) is 12.6. The Morgan fingerprint density at radius 1 is 0.476 bits per heavy atom. The highest BCUT2D eigenvalue weighted by Gasteiger charge is 2.36. The van der Waals surface area contributed by atoms with Gasteiger partial charge in [0.15, 0.2) is 0 Å². The molecule has 0 rings (SSSR count). The summed E-state index contributed by atoms with van der Waals surface area (Å²) in [5, 5.41) is 18.0. The van der Waals surface area contributed by atoms with E-state index in [-0.39, 0.29) is 12.5 Å². The average molecular weight is 598 g/mol. The number of aliphatic hydroxyl groups is 2. The van der Waals surface area contributed by atoms with Crippen LogP contribution in [0.1, 0.15) is 206 Å². The standard InChI is InChI=1S/C37H75NO4/c1-2-3-4-5-6-7-8-15-18-21-24-27-31-37(36(38)41,42-35-30-34-40)32-28-25-22-19-16-13-11-9-10-12-14-17-20-23-26-29-33-39/h39-40H,2-35H2,1H3,(H2,38,41). The predicted octanol–water partition coefficient (Wildman–Crippen LogP) is 10.3. The first-order valence-electron chi connectivity index (χ1n) is 18.8. The second-order valence-electron chi connectivity index (χ2n) is 13.1. The van der Waals surface area contributed by atoms with Crippen molar-refractivity contribution in [2.75, 3.05) is 19.8 Å². The van der Waals surface area contributed by atoms with Crippen molar-refractivity contribution in [1.82, 2.24) is 0 Å². The molecule has 0 bridgehead atoms. The van der Waals surface area contributed by atoms with E-state index in [1.807, 2.05) is 0 Å². The summed E-state index contributed by atoms with van der Waals surface area (Å²) < 4.78 is 6.12. The fraction of sp³-hybridized carbons (Fsp3) is 0.973. The number of carbonyl (C=O) groups excluding carboxylic acids is 1. The Morgan fingerprint density at radius 2 is 0.762 bits per heavy atom. The van der Waals surface area contributed by atoms with Crippen LogP contribution in [0.15, 0.2) is 0 Å². The molecule has 0 saturated heterocycles. The van der Waals surface area contributed by atoms with Crippen LogP contribution < -0.4 is 5.73 Å². The van der Waals surface area contributed by atoms with Crippen LogP contribution in [0.5, 0.6) is 0 Å². The number of ether oxygens (including phenoxy) is 1. The summed E-state index contributed by atoms with van der Waals surface area (Å²) in [6.07, 6.45) is 37.8. The molecule has 1 atom stereocenters. The normalized spacial score (nSPS) is 13.0. The monoisotopic (exact) mass is 598 g/mol. The largest absolute Gasteiger partial charge is 0.396 e. The number of carbonyl (C=O) groups is 1. The third-order valence-corrected chi connectivity index (χ3v) is 9.05. The molecular weight excluding hydrogens is 522 g/mol. The molecule has 0 aromatic carbocycles. The van der Waals surface area contributed by atoms with E-state index in [1.165, 1.54) is 148 Å². The molecular formula is C37H75NO4. The Hall–Kier alpha value is -0.650. The van der Waals surface area contributed by atoms with E-state index in [9.17, 15) is 9.90 Å². The maximum atomic E-state index is 12.6. The molecule has 5 nitrogen and oxygen atoms in total. The summed E-state index contributed by atoms with van der Waals surface area (Å²) in [5.74, 6) is -0.315. The lowest BCUT2D eigenvalue weighted by molar-refractivity contribution is -0.147. The first-order chi connectivity index (χ1) is 20.6.